The van der Waals surface area contributed by atoms with E-state index in [0.29, 0.717) is 79.3 Å². The Balaban J connectivity index is 1.14. The third-order valence-corrected chi connectivity index (χ3v) is 14.6. The van der Waals surface area contributed by atoms with Gasteiger partial charge in [-0.05, 0) is 88.4 Å². The number of hydrazine groups is 1. The Morgan fingerprint density at radius 2 is 1.37 bits per heavy atom. The maximum Gasteiger partial charge on any atom is 0.407 e. The summed E-state index contributed by atoms with van der Waals surface area (Å²) in [5.41, 5.74) is -1.11. The number of carbonyl (C=O) groups excluding carboxylic acids is 3. The number of ether oxygens (including phenoxy) is 2. The van der Waals surface area contributed by atoms with Crippen LogP contribution < -0.4 is 26.3 Å². The number of fused-ring (bicyclic) bond motifs is 2. The smallest absolute Gasteiger partial charge is 0.407 e. The topological polar surface area (TPSA) is 216 Å². The number of carboxylic acid groups (broad SMARTS) is 1. The lowest BCUT2D eigenvalue weighted by atomic mass is 9.82. The van der Waals surface area contributed by atoms with Crippen LogP contribution in [0, 0.1) is 22.7 Å². The van der Waals surface area contributed by atoms with Gasteiger partial charge in [-0.1, -0.05) is 48.2 Å². The van der Waals surface area contributed by atoms with Gasteiger partial charge in [-0.25, -0.2) is 28.4 Å². The van der Waals surface area contributed by atoms with Crippen molar-refractivity contribution in [3.63, 3.8) is 0 Å². The highest BCUT2D eigenvalue weighted by molar-refractivity contribution is 5.87. The summed E-state index contributed by atoms with van der Waals surface area (Å²) in [6.45, 7) is 3.86. The van der Waals surface area contributed by atoms with Gasteiger partial charge in [-0.2, -0.15) is 31.4 Å². The van der Waals surface area contributed by atoms with Crippen LogP contribution in [-0.4, -0.2) is 160 Å². The van der Waals surface area contributed by atoms with Gasteiger partial charge in [-0.3, -0.25) is 24.6 Å². The molecule has 7 rings (SSSR count). The zero-order chi connectivity index (χ0) is 57.6. The zero-order valence-electron chi connectivity index (χ0n) is 43.7. The Morgan fingerprint density at radius 3 is 1.90 bits per heavy atom. The Hall–Kier alpha value is -7.08. The van der Waals surface area contributed by atoms with Crippen molar-refractivity contribution in [2.75, 3.05) is 44.9 Å². The molecule has 0 aliphatic carbocycles. The molecule has 0 spiro atoms. The molecule has 79 heavy (non-hydrogen) atoms. The van der Waals surface area contributed by atoms with Crippen molar-refractivity contribution in [1.82, 2.24) is 46.0 Å². The normalized spacial score (nSPS) is 18.7. The first-order chi connectivity index (χ1) is 37.1. The lowest BCUT2D eigenvalue weighted by Crippen LogP contribution is -2.63. The largest absolute Gasteiger partial charge is 0.465 e. The Kier molecular flexibility index (Phi) is 18.5. The molecule has 0 radical (unpaired) electrons. The number of benzene rings is 2. The predicted molar refractivity (Wildman–Crippen MR) is 270 cm³/mol. The molecule has 3 fully saturated rings. The summed E-state index contributed by atoms with van der Waals surface area (Å²) in [6.07, 6.45) is -13.3. The summed E-state index contributed by atoms with van der Waals surface area (Å²) in [6, 6.07) is 12.5. The van der Waals surface area contributed by atoms with Gasteiger partial charge in [0.05, 0.1) is 55.0 Å². The number of alkyl halides is 8. The van der Waals surface area contributed by atoms with Crippen LogP contribution in [0.5, 0.6) is 0 Å². The number of aromatic nitrogens is 3. The monoisotopic (exact) mass is 1120 g/mol. The fraction of sp³-hybridized carbons (Fsp3) is 0.509. The Labute approximate surface area is 450 Å². The molecule has 6 N–H and O–H groups in total. The van der Waals surface area contributed by atoms with E-state index in [1.807, 2.05) is 17.4 Å². The first kappa shape index (κ1) is 59.6. The zero-order valence-corrected chi connectivity index (χ0v) is 43.7. The lowest BCUT2D eigenvalue weighted by Gasteiger charge is -2.47. The van der Waals surface area contributed by atoms with Gasteiger partial charge in [0.2, 0.25) is 5.91 Å². The van der Waals surface area contributed by atoms with Gasteiger partial charge >= 0.3 is 24.5 Å². The average molecular weight is 1120 g/mol. The molecule has 428 valence electrons. The van der Waals surface area contributed by atoms with Gasteiger partial charge in [0.1, 0.15) is 24.4 Å². The number of aliphatic hydroxyl groups excluding tert-OH is 1. The molecular weight excluding hydrogens is 1060 g/mol. The number of pyridine rings is 1. The minimum atomic E-state index is -5.15. The number of hydrogen-bond acceptors (Lipinski definition) is 12. The first-order valence-electron chi connectivity index (χ1n) is 25.2. The van der Waals surface area contributed by atoms with Crippen LogP contribution in [0.1, 0.15) is 62.8 Å². The minimum absolute atomic E-state index is 0.302. The van der Waals surface area contributed by atoms with E-state index in [1.165, 1.54) is 36.5 Å². The summed E-state index contributed by atoms with van der Waals surface area (Å²) < 4.78 is 124. The van der Waals surface area contributed by atoms with Crippen LogP contribution in [0.2, 0.25) is 0 Å². The summed E-state index contributed by atoms with van der Waals surface area (Å²) >= 11 is 0. The quantitative estimate of drug-likeness (QED) is 0.0335. The van der Waals surface area contributed by atoms with Gasteiger partial charge in [0, 0.05) is 67.3 Å². The number of nitrogens with zero attached hydrogens (tertiary/aromatic N) is 6. The van der Waals surface area contributed by atoms with Gasteiger partial charge in [-0.15, -0.1) is 0 Å². The van der Waals surface area contributed by atoms with Crippen LogP contribution in [0.15, 0.2) is 79.1 Å². The van der Waals surface area contributed by atoms with Crippen molar-refractivity contribution >= 4 is 29.8 Å². The summed E-state index contributed by atoms with van der Waals surface area (Å²) in [7, 11) is 0.858. The van der Waals surface area contributed by atoms with Crippen LogP contribution in [0.4, 0.5) is 50.5 Å². The number of aliphatic hydroxyl groups is 1. The van der Waals surface area contributed by atoms with Crippen molar-refractivity contribution in [2.24, 2.45) is 10.8 Å². The average Bonchev–Trinajstić information content (AvgIpc) is 4.01. The number of hydrogen-bond donors (Lipinski definition) is 6. The predicted octanol–water partition coefficient (Wildman–Crippen LogP) is 6.12. The molecule has 5 heterocycles. The van der Waals surface area contributed by atoms with E-state index in [-0.39, 0.29) is 6.42 Å². The van der Waals surface area contributed by atoms with Crippen molar-refractivity contribution in [3.05, 3.63) is 101 Å². The minimum Gasteiger partial charge on any atom is -0.465 e. The SMILES string of the molecule is COC(=O)NC(C(=O)NN(Cc1ccc(-c2ccn(CC(F)F)n2)cc1)CC(O)C(Cc1ccc(C#Cc2ccc(N3CC4CCC(C3)N4C3COC3)nc2)cc1)NC(=O)C(NC(=O)O)C(C)(C)C(F)(F)F)C(C)(C)C(F)(F)F. The Morgan fingerprint density at radius 1 is 0.785 bits per heavy atom. The van der Waals surface area contributed by atoms with Crippen LogP contribution in [-0.2, 0) is 38.6 Å². The van der Waals surface area contributed by atoms with E-state index in [4.69, 9.17) is 9.72 Å². The van der Waals surface area contributed by atoms with E-state index in [2.05, 4.69) is 42.2 Å². The first-order valence-corrected chi connectivity index (χ1v) is 25.2. The molecule has 6 atom stereocenters. The molecule has 6 unspecified atom stereocenters. The van der Waals surface area contributed by atoms with Crippen LogP contribution in [0.25, 0.3) is 11.3 Å². The van der Waals surface area contributed by atoms with Gasteiger partial charge < -0.3 is 40.5 Å². The number of alkyl carbamates (subject to hydrolysis) is 1. The van der Waals surface area contributed by atoms with E-state index in [1.54, 1.807) is 35.8 Å². The molecule has 0 saturated carbocycles. The second-order valence-electron chi connectivity index (χ2n) is 20.9. The number of piperazine rings is 1. The fourth-order valence-electron chi connectivity index (χ4n) is 9.69. The summed E-state index contributed by atoms with van der Waals surface area (Å²) in [4.78, 5) is 61.8. The number of rotatable bonds is 20. The number of amides is 4. The Bertz CT molecular complexity index is 2810. The molecule has 2 bridgehead atoms. The second-order valence-corrected chi connectivity index (χ2v) is 20.9. The van der Waals surface area contributed by atoms with Crippen molar-refractivity contribution < 1.29 is 74.0 Å². The summed E-state index contributed by atoms with van der Waals surface area (Å²) in [5, 5.41) is 32.6. The molecule has 2 aromatic carbocycles. The number of methoxy groups -OCH3 is 1. The van der Waals surface area contributed by atoms with Crippen molar-refractivity contribution in [3.8, 4) is 23.1 Å². The number of carbonyl (C=O) groups is 4. The standard InChI is InChI=1S/C53H62F8N10O8/c1-50(2,52(56,57)58)44(64-48(75)76)46(73)63-40(22-32-9-6-31(7-10-32)8-11-33-14-19-43(62-23-33)68-25-36-17-18-37(26-68)71(36)38-29-79-30-38)41(72)27-70(67-47(74)45(65-49(77)78-5)51(3,4)53(59,60)61)24-34-12-15-35(16-13-34)39-20-21-69(66-39)28-42(54)55/h6-7,9-10,12-16,19-21,23,36-38,40-42,44-45,64,72H,17-18,22,24-30H2,1-5H3,(H,63,73)(H,65,77)(H,67,74)(H,75,76). The van der Waals surface area contributed by atoms with Crippen LogP contribution >= 0.6 is 0 Å². The fourth-order valence-corrected chi connectivity index (χ4v) is 9.69. The maximum absolute atomic E-state index is 14.5. The van der Waals surface area contributed by atoms with E-state index >= 15 is 0 Å². The lowest BCUT2D eigenvalue weighted by molar-refractivity contribution is -0.221. The third kappa shape index (κ3) is 14.6. The molecule has 18 nitrogen and oxygen atoms in total. The molecule has 4 amide bonds. The number of anilines is 1. The molecule has 3 saturated heterocycles. The highest BCUT2D eigenvalue weighted by Crippen LogP contribution is 2.42. The number of nitrogens with one attached hydrogen (secondary N) is 4. The van der Waals surface area contributed by atoms with Crippen LogP contribution in [0.3, 0.4) is 0 Å². The molecule has 2 aromatic heterocycles. The molecule has 4 aromatic rings. The third-order valence-electron chi connectivity index (χ3n) is 14.6. The maximum atomic E-state index is 14.5. The van der Waals surface area contributed by atoms with E-state index in [0.717, 1.165) is 61.8 Å². The molecule has 3 aliphatic rings. The molecule has 26 heteroatoms. The van der Waals surface area contributed by atoms with Crippen molar-refractivity contribution in [1.29, 1.82) is 0 Å². The number of halogens is 8. The van der Waals surface area contributed by atoms with Gasteiger partial charge in [0.15, 0.2) is 0 Å². The van der Waals surface area contributed by atoms with Crippen molar-refractivity contribution in [2.45, 2.75) is 121 Å². The second kappa shape index (κ2) is 24.5. The molecular formula is C53H62F8N10O8. The highest BCUT2D eigenvalue weighted by atomic mass is 19.4. The molecule has 3 aliphatic heterocycles. The van der Waals surface area contributed by atoms with E-state index < -0.39 is 97.5 Å². The summed E-state index contributed by atoms with van der Waals surface area (Å²) in [5.74, 6) is 4.00. The van der Waals surface area contributed by atoms with E-state index in [9.17, 15) is 64.5 Å². The highest BCUT2D eigenvalue weighted by Gasteiger charge is 2.57. The van der Waals surface area contributed by atoms with Gasteiger partial charge in [0.25, 0.3) is 12.3 Å².